The van der Waals surface area contributed by atoms with E-state index >= 15 is 0 Å². The number of nitrogens with two attached hydrogens (primary N) is 2. The summed E-state index contributed by atoms with van der Waals surface area (Å²) in [5.74, 6) is -0.369. The summed E-state index contributed by atoms with van der Waals surface area (Å²) in [5.41, 5.74) is 11.1. The van der Waals surface area contributed by atoms with Gasteiger partial charge in [0.05, 0.1) is 12.7 Å². The Morgan fingerprint density at radius 2 is 2.35 bits per heavy atom. The van der Waals surface area contributed by atoms with Gasteiger partial charge in [-0.1, -0.05) is 0 Å². The summed E-state index contributed by atoms with van der Waals surface area (Å²) in [6.45, 7) is 0.177. The maximum absolute atomic E-state index is 11.6. The molecule has 1 atom stereocenters. The molecule has 0 saturated carbocycles. The van der Waals surface area contributed by atoms with Crippen LogP contribution in [-0.4, -0.2) is 34.9 Å². The zero-order valence-corrected chi connectivity index (χ0v) is 9.42. The van der Waals surface area contributed by atoms with Crippen molar-refractivity contribution in [3.8, 4) is 0 Å². The normalized spacial score (nSPS) is 11.9. The lowest BCUT2D eigenvalue weighted by atomic mass is 10.1. The van der Waals surface area contributed by atoms with Gasteiger partial charge in [0.2, 0.25) is 5.91 Å². The molecule has 0 bridgehead atoms. The van der Waals surface area contributed by atoms with Gasteiger partial charge in [-0.15, -0.1) is 0 Å². The molecule has 0 radical (unpaired) electrons. The molecule has 0 aliphatic rings. The molecule has 0 aromatic carbocycles. The molecule has 8 heteroatoms. The van der Waals surface area contributed by atoms with Crippen LogP contribution in [0.15, 0.2) is 12.4 Å². The molecule has 0 aliphatic heterocycles. The van der Waals surface area contributed by atoms with Crippen molar-refractivity contribution in [1.29, 1.82) is 0 Å². The van der Waals surface area contributed by atoms with Crippen LogP contribution >= 0.6 is 0 Å². The van der Waals surface area contributed by atoms with E-state index < -0.39 is 12.1 Å². The Labute approximate surface area is 97.9 Å². The number of carbonyl (C=O) groups is 2. The first-order valence-corrected chi connectivity index (χ1v) is 4.94. The Bertz CT molecular complexity index is 403. The molecular formula is C9H15N5O3. The van der Waals surface area contributed by atoms with Crippen LogP contribution in [-0.2, 0) is 16.6 Å². The average molecular weight is 241 g/mol. The highest BCUT2D eigenvalue weighted by atomic mass is 16.5. The average Bonchev–Trinajstić information content (AvgIpc) is 2.69. The third-order valence-corrected chi connectivity index (χ3v) is 2.01. The van der Waals surface area contributed by atoms with Gasteiger partial charge >= 0.3 is 6.09 Å². The van der Waals surface area contributed by atoms with Crippen molar-refractivity contribution in [2.75, 3.05) is 13.2 Å². The molecule has 94 valence electrons. The third kappa shape index (κ3) is 4.11. The molecule has 1 heterocycles. The third-order valence-electron chi connectivity index (χ3n) is 2.01. The second-order valence-electron chi connectivity index (χ2n) is 3.38. The van der Waals surface area contributed by atoms with Gasteiger partial charge in [0.25, 0.3) is 0 Å². The summed E-state index contributed by atoms with van der Waals surface area (Å²) in [4.78, 5) is 21.8. The van der Waals surface area contributed by atoms with Gasteiger partial charge in [-0.05, 0) is 0 Å². The summed E-state index contributed by atoms with van der Waals surface area (Å²) in [7, 11) is 1.73. The number of hydrogen-bond donors (Lipinski definition) is 3. The van der Waals surface area contributed by atoms with Crippen LogP contribution in [0.1, 0.15) is 11.6 Å². The van der Waals surface area contributed by atoms with Gasteiger partial charge in [0.1, 0.15) is 12.6 Å². The van der Waals surface area contributed by atoms with E-state index in [0.29, 0.717) is 5.56 Å². The number of nitrogens with zero attached hydrogens (tertiary/aromatic N) is 2. The smallest absolute Gasteiger partial charge is 0.404 e. The molecule has 17 heavy (non-hydrogen) atoms. The minimum atomic E-state index is -0.879. The fourth-order valence-corrected chi connectivity index (χ4v) is 1.19. The first-order chi connectivity index (χ1) is 8.00. The molecule has 5 N–H and O–H groups in total. The summed E-state index contributed by atoms with van der Waals surface area (Å²) in [6, 6.07) is -0.794. The number of ether oxygens (including phenoxy) is 1. The first-order valence-electron chi connectivity index (χ1n) is 4.94. The molecule has 2 amide bonds. The molecule has 1 rings (SSSR count). The standard InChI is InChI=1S/C9H15N5O3/c1-14-5-6(4-13-14)7(10)8(15)12-2-3-17-9(11)16/h4-5,7H,2-3,10H2,1H3,(H2,11,16)(H,12,15). The molecule has 0 saturated heterocycles. The number of primary amides is 1. The van der Waals surface area contributed by atoms with Crippen LogP contribution in [0.5, 0.6) is 0 Å². The Morgan fingerprint density at radius 1 is 1.65 bits per heavy atom. The summed E-state index contributed by atoms with van der Waals surface area (Å²) >= 11 is 0. The van der Waals surface area contributed by atoms with Gasteiger partial charge in [0, 0.05) is 18.8 Å². The number of amides is 2. The highest BCUT2D eigenvalue weighted by Crippen LogP contribution is 2.07. The van der Waals surface area contributed by atoms with E-state index in [1.807, 2.05) is 0 Å². The van der Waals surface area contributed by atoms with Crippen molar-refractivity contribution in [2.24, 2.45) is 18.5 Å². The van der Waals surface area contributed by atoms with Crippen LogP contribution in [0.3, 0.4) is 0 Å². The number of aryl methyl sites for hydroxylation is 1. The molecule has 8 nitrogen and oxygen atoms in total. The van der Waals surface area contributed by atoms with Gasteiger partial charge in [-0.2, -0.15) is 5.10 Å². The van der Waals surface area contributed by atoms with Gasteiger partial charge in [-0.25, -0.2) is 4.79 Å². The van der Waals surface area contributed by atoms with Crippen LogP contribution in [0.2, 0.25) is 0 Å². The fraction of sp³-hybridized carbons (Fsp3) is 0.444. The van der Waals surface area contributed by atoms with Gasteiger partial charge in [0.15, 0.2) is 0 Å². The van der Waals surface area contributed by atoms with E-state index in [1.54, 1.807) is 17.9 Å². The maximum atomic E-state index is 11.6. The first kappa shape index (κ1) is 13.0. The van der Waals surface area contributed by atoms with Crippen molar-refractivity contribution < 1.29 is 14.3 Å². The molecule has 0 spiro atoms. The van der Waals surface area contributed by atoms with E-state index in [0.717, 1.165) is 0 Å². The van der Waals surface area contributed by atoms with E-state index in [1.165, 1.54) is 6.20 Å². The van der Waals surface area contributed by atoms with Crippen molar-refractivity contribution in [1.82, 2.24) is 15.1 Å². The number of aromatic nitrogens is 2. The minimum Gasteiger partial charge on any atom is -0.448 e. The molecule has 0 aliphatic carbocycles. The Morgan fingerprint density at radius 3 is 2.88 bits per heavy atom. The molecule has 0 fully saturated rings. The lowest BCUT2D eigenvalue weighted by molar-refractivity contribution is -0.122. The largest absolute Gasteiger partial charge is 0.448 e. The Hall–Kier alpha value is -2.09. The van der Waals surface area contributed by atoms with Crippen molar-refractivity contribution in [2.45, 2.75) is 6.04 Å². The number of nitrogens with one attached hydrogen (secondary N) is 1. The van der Waals surface area contributed by atoms with Gasteiger partial charge < -0.3 is 21.5 Å². The second-order valence-corrected chi connectivity index (χ2v) is 3.38. The van der Waals surface area contributed by atoms with E-state index in [9.17, 15) is 9.59 Å². The highest BCUT2D eigenvalue weighted by molar-refractivity contribution is 5.82. The predicted octanol–water partition coefficient (Wildman–Crippen LogP) is -1.37. The molecule has 1 aromatic rings. The van der Waals surface area contributed by atoms with Crippen molar-refractivity contribution >= 4 is 12.0 Å². The number of rotatable bonds is 5. The van der Waals surface area contributed by atoms with Crippen LogP contribution in [0.25, 0.3) is 0 Å². The number of carbonyl (C=O) groups excluding carboxylic acids is 2. The van der Waals surface area contributed by atoms with Crippen molar-refractivity contribution in [3.63, 3.8) is 0 Å². The molecule has 1 aromatic heterocycles. The van der Waals surface area contributed by atoms with Gasteiger partial charge in [-0.3, -0.25) is 9.48 Å². The summed E-state index contributed by atoms with van der Waals surface area (Å²) < 4.78 is 6.00. The fourth-order valence-electron chi connectivity index (χ4n) is 1.19. The quantitative estimate of drug-likeness (QED) is 0.548. The maximum Gasteiger partial charge on any atom is 0.404 e. The topological polar surface area (TPSA) is 125 Å². The second kappa shape index (κ2) is 5.85. The predicted molar refractivity (Wildman–Crippen MR) is 58.7 cm³/mol. The zero-order valence-electron chi connectivity index (χ0n) is 9.42. The summed E-state index contributed by atoms with van der Waals surface area (Å²) in [5, 5.41) is 6.42. The SMILES string of the molecule is Cn1cc(C(N)C(=O)NCCOC(N)=O)cn1. The van der Waals surface area contributed by atoms with Crippen molar-refractivity contribution in [3.05, 3.63) is 18.0 Å². The van der Waals surface area contributed by atoms with Crippen LogP contribution in [0, 0.1) is 0 Å². The minimum absolute atomic E-state index is 0.0147. The molecular weight excluding hydrogens is 226 g/mol. The highest BCUT2D eigenvalue weighted by Gasteiger charge is 2.16. The lowest BCUT2D eigenvalue weighted by Crippen LogP contribution is -2.36. The summed E-state index contributed by atoms with van der Waals surface area (Å²) in [6.07, 6.45) is 2.30. The van der Waals surface area contributed by atoms with E-state index in [-0.39, 0.29) is 19.1 Å². The van der Waals surface area contributed by atoms with E-state index in [2.05, 4.69) is 15.2 Å². The van der Waals surface area contributed by atoms with Crippen LogP contribution in [0.4, 0.5) is 4.79 Å². The number of hydrogen-bond acceptors (Lipinski definition) is 5. The lowest BCUT2D eigenvalue weighted by Gasteiger charge is -2.10. The Balaban J connectivity index is 2.35. The van der Waals surface area contributed by atoms with E-state index in [4.69, 9.17) is 11.5 Å². The monoisotopic (exact) mass is 241 g/mol. The zero-order chi connectivity index (χ0) is 12.8. The molecule has 1 unspecified atom stereocenters. The van der Waals surface area contributed by atoms with Crippen LogP contribution < -0.4 is 16.8 Å². The Kier molecular flexibility index (Phi) is 4.46.